The van der Waals surface area contributed by atoms with Crippen molar-refractivity contribution in [2.45, 2.75) is 84.0 Å². The highest BCUT2D eigenvalue weighted by atomic mass is 16.5. The van der Waals surface area contributed by atoms with Gasteiger partial charge in [-0.25, -0.2) is 0 Å². The smallest absolute Gasteiger partial charge is 0.305 e. The van der Waals surface area contributed by atoms with Gasteiger partial charge in [-0.2, -0.15) is 0 Å². The Bertz CT molecular complexity index is 213. The number of cyclic esters (lactones) is 1. The van der Waals surface area contributed by atoms with Crippen molar-refractivity contribution in [2.24, 2.45) is 5.92 Å². The number of hydrogen-bond acceptors (Lipinski definition) is 2. The van der Waals surface area contributed by atoms with Crippen molar-refractivity contribution in [3.63, 3.8) is 0 Å². The number of ether oxygens (including phenoxy) is 1. The van der Waals surface area contributed by atoms with Gasteiger partial charge in [0.15, 0.2) is 0 Å². The fourth-order valence-corrected chi connectivity index (χ4v) is 2.64. The van der Waals surface area contributed by atoms with Crippen LogP contribution in [0.3, 0.4) is 0 Å². The van der Waals surface area contributed by atoms with E-state index >= 15 is 0 Å². The van der Waals surface area contributed by atoms with Crippen LogP contribution < -0.4 is 0 Å². The van der Waals surface area contributed by atoms with E-state index in [2.05, 4.69) is 6.92 Å². The van der Waals surface area contributed by atoms with Gasteiger partial charge in [0.25, 0.3) is 0 Å². The lowest BCUT2D eigenvalue weighted by Gasteiger charge is -2.12. The van der Waals surface area contributed by atoms with E-state index in [0.29, 0.717) is 13.0 Å². The monoisotopic (exact) mass is 254 g/mol. The van der Waals surface area contributed by atoms with E-state index in [1.165, 1.54) is 57.8 Å². The molecule has 0 aromatic rings. The zero-order chi connectivity index (χ0) is 13.1. The average molecular weight is 254 g/mol. The van der Waals surface area contributed by atoms with Crippen molar-refractivity contribution in [1.82, 2.24) is 0 Å². The van der Waals surface area contributed by atoms with Crippen molar-refractivity contribution in [3.8, 4) is 0 Å². The summed E-state index contributed by atoms with van der Waals surface area (Å²) in [4.78, 5) is 11.4. The van der Waals surface area contributed by atoms with Crippen molar-refractivity contribution in [1.29, 1.82) is 0 Å². The summed E-state index contributed by atoms with van der Waals surface area (Å²) >= 11 is 0. The van der Waals surface area contributed by atoms with Crippen molar-refractivity contribution < 1.29 is 9.53 Å². The molecule has 2 heteroatoms. The third-order valence-corrected chi connectivity index (χ3v) is 3.93. The van der Waals surface area contributed by atoms with E-state index in [1.807, 2.05) is 0 Å². The van der Waals surface area contributed by atoms with E-state index in [9.17, 15) is 4.79 Å². The van der Waals surface area contributed by atoms with Crippen LogP contribution in [0.1, 0.15) is 84.0 Å². The summed E-state index contributed by atoms with van der Waals surface area (Å²) in [7, 11) is 0. The minimum Gasteiger partial charge on any atom is -0.466 e. The maximum atomic E-state index is 11.4. The summed E-state index contributed by atoms with van der Waals surface area (Å²) in [6, 6.07) is 0. The number of carbonyl (C=O) groups excluding carboxylic acids is 1. The summed E-state index contributed by atoms with van der Waals surface area (Å²) in [6.45, 7) is 3.01. The molecule has 0 saturated carbocycles. The Balaban J connectivity index is 2.19. The molecule has 18 heavy (non-hydrogen) atoms. The first-order valence-electron chi connectivity index (χ1n) is 7.94. The maximum Gasteiger partial charge on any atom is 0.305 e. The number of carbonyl (C=O) groups is 1. The van der Waals surface area contributed by atoms with Gasteiger partial charge >= 0.3 is 5.97 Å². The molecule has 1 fully saturated rings. The molecule has 2 nitrogen and oxygen atoms in total. The zero-order valence-corrected chi connectivity index (χ0v) is 12.1. The highest BCUT2D eigenvalue weighted by molar-refractivity contribution is 5.69. The van der Waals surface area contributed by atoms with Crippen LogP contribution in [0.4, 0.5) is 0 Å². The van der Waals surface area contributed by atoms with Gasteiger partial charge in [0.1, 0.15) is 0 Å². The number of hydrogen-bond donors (Lipinski definition) is 0. The molecule has 1 unspecified atom stereocenters. The predicted octanol–water partition coefficient (Wildman–Crippen LogP) is 4.86. The quantitative estimate of drug-likeness (QED) is 0.577. The third-order valence-electron chi connectivity index (χ3n) is 3.93. The van der Waals surface area contributed by atoms with Gasteiger partial charge in [-0.1, -0.05) is 64.7 Å². The van der Waals surface area contributed by atoms with Gasteiger partial charge in [0, 0.05) is 6.42 Å². The molecule has 1 atom stereocenters. The molecule has 1 aliphatic heterocycles. The van der Waals surface area contributed by atoms with Crippen molar-refractivity contribution in [2.75, 3.05) is 6.61 Å². The van der Waals surface area contributed by atoms with Crippen LogP contribution in [0.15, 0.2) is 0 Å². The molecule has 0 N–H and O–H groups in total. The first-order valence-corrected chi connectivity index (χ1v) is 7.94. The molecule has 1 rings (SSSR count). The molecule has 0 spiro atoms. The van der Waals surface area contributed by atoms with Gasteiger partial charge in [0.2, 0.25) is 0 Å². The van der Waals surface area contributed by atoms with Gasteiger partial charge < -0.3 is 4.74 Å². The third kappa shape index (κ3) is 8.54. The molecule has 1 aliphatic rings. The van der Waals surface area contributed by atoms with E-state index in [1.54, 1.807) is 0 Å². The lowest BCUT2D eigenvalue weighted by atomic mass is 9.96. The molecule has 0 aliphatic carbocycles. The second-order valence-electron chi connectivity index (χ2n) is 5.83. The standard InChI is InChI=1S/C16H30O2/c1-15-11-7-4-2-3-5-9-13-16(17)18-14-10-6-8-12-15/h15H,2-14H2,1H3. The van der Waals surface area contributed by atoms with Gasteiger partial charge in [-0.05, 0) is 18.8 Å². The second-order valence-corrected chi connectivity index (χ2v) is 5.83. The SMILES string of the molecule is CC1CCCCCCCCC(=O)OCCCCC1. The summed E-state index contributed by atoms with van der Waals surface area (Å²) < 4.78 is 5.23. The Morgan fingerprint density at radius 3 is 2.11 bits per heavy atom. The summed E-state index contributed by atoms with van der Waals surface area (Å²) in [5.74, 6) is 0.885. The summed E-state index contributed by atoms with van der Waals surface area (Å²) in [5, 5.41) is 0. The lowest BCUT2D eigenvalue weighted by Crippen LogP contribution is -2.06. The van der Waals surface area contributed by atoms with Crippen LogP contribution in [-0.2, 0) is 9.53 Å². The fraction of sp³-hybridized carbons (Fsp3) is 0.938. The normalized spacial score (nSPS) is 26.5. The molecule has 0 aromatic heterocycles. The number of rotatable bonds is 0. The van der Waals surface area contributed by atoms with Crippen LogP contribution in [0.5, 0.6) is 0 Å². The van der Waals surface area contributed by atoms with E-state index < -0.39 is 0 Å². The van der Waals surface area contributed by atoms with Crippen molar-refractivity contribution >= 4 is 5.97 Å². The molecule has 106 valence electrons. The Morgan fingerprint density at radius 1 is 0.833 bits per heavy atom. The molecular weight excluding hydrogens is 224 g/mol. The largest absolute Gasteiger partial charge is 0.466 e. The Labute approximate surface area is 112 Å². The average Bonchev–Trinajstić information content (AvgIpc) is 2.35. The van der Waals surface area contributed by atoms with Crippen LogP contribution in [0.2, 0.25) is 0 Å². The highest BCUT2D eigenvalue weighted by Crippen LogP contribution is 2.18. The Morgan fingerprint density at radius 2 is 1.39 bits per heavy atom. The van der Waals surface area contributed by atoms with E-state index in [0.717, 1.165) is 18.8 Å². The Hall–Kier alpha value is -0.530. The van der Waals surface area contributed by atoms with Gasteiger partial charge in [-0.15, -0.1) is 0 Å². The van der Waals surface area contributed by atoms with Crippen LogP contribution in [0.25, 0.3) is 0 Å². The molecule has 0 amide bonds. The van der Waals surface area contributed by atoms with Gasteiger partial charge in [0.05, 0.1) is 6.61 Å². The van der Waals surface area contributed by atoms with Crippen molar-refractivity contribution in [3.05, 3.63) is 0 Å². The molecule has 0 aromatic carbocycles. The molecule has 0 bridgehead atoms. The topological polar surface area (TPSA) is 26.3 Å². The minimum absolute atomic E-state index is 0.00969. The van der Waals surface area contributed by atoms with E-state index in [-0.39, 0.29) is 5.97 Å². The highest BCUT2D eigenvalue weighted by Gasteiger charge is 2.05. The summed E-state index contributed by atoms with van der Waals surface area (Å²) in [5.41, 5.74) is 0. The molecule has 0 radical (unpaired) electrons. The predicted molar refractivity (Wildman–Crippen MR) is 75.5 cm³/mol. The molecular formula is C16H30O2. The maximum absolute atomic E-state index is 11.4. The lowest BCUT2D eigenvalue weighted by molar-refractivity contribution is -0.143. The molecule has 1 saturated heterocycles. The van der Waals surface area contributed by atoms with Crippen LogP contribution in [0, 0.1) is 5.92 Å². The zero-order valence-electron chi connectivity index (χ0n) is 12.1. The second kappa shape index (κ2) is 10.4. The van der Waals surface area contributed by atoms with Gasteiger partial charge in [-0.3, -0.25) is 4.79 Å². The summed E-state index contributed by atoms with van der Waals surface area (Å²) in [6.07, 6.45) is 14.5. The minimum atomic E-state index is 0.00969. The van der Waals surface area contributed by atoms with E-state index in [4.69, 9.17) is 4.74 Å². The first kappa shape index (κ1) is 15.5. The number of esters is 1. The fourth-order valence-electron chi connectivity index (χ4n) is 2.64. The van der Waals surface area contributed by atoms with Crippen LogP contribution >= 0.6 is 0 Å². The Kier molecular flexibility index (Phi) is 8.97. The molecule has 1 heterocycles. The first-order chi connectivity index (χ1) is 8.79. The van der Waals surface area contributed by atoms with Crippen LogP contribution in [-0.4, -0.2) is 12.6 Å².